The predicted octanol–water partition coefficient (Wildman–Crippen LogP) is 3.53. The summed E-state index contributed by atoms with van der Waals surface area (Å²) in [6.45, 7) is 16.2. The fourth-order valence-corrected chi connectivity index (χ4v) is 1.70. The number of carbonyl (C=O) groups excluding carboxylic acids is 1. The molecular weight excluding hydrogens is 198 g/mol. The van der Waals surface area contributed by atoms with Crippen LogP contribution < -0.4 is 5.32 Å². The van der Waals surface area contributed by atoms with E-state index in [2.05, 4.69) is 32.7 Å². The number of rotatable bonds is 4. The minimum Gasteiger partial charge on any atom is -0.351 e. The number of allylic oxidation sites excluding steroid dienone is 1. The number of nitrogens with one attached hydrogen (secondary N) is 1. The largest absolute Gasteiger partial charge is 0.351 e. The molecule has 0 aromatic carbocycles. The fourth-order valence-electron chi connectivity index (χ4n) is 1.70. The molecule has 0 aromatic heterocycles. The highest BCUT2D eigenvalue weighted by atomic mass is 16.2. The number of hydrogen-bond acceptors (Lipinski definition) is 1. The molecule has 0 rings (SSSR count). The second-order valence-electron chi connectivity index (χ2n) is 6.73. The Balaban J connectivity index is 4.53. The lowest BCUT2D eigenvalue weighted by atomic mass is 9.82. The lowest BCUT2D eigenvalue weighted by molar-refractivity contribution is -0.127. The molecule has 0 saturated heterocycles. The summed E-state index contributed by atoms with van der Waals surface area (Å²) in [5.41, 5.74) is 0.0112. The summed E-state index contributed by atoms with van der Waals surface area (Å²) in [4.78, 5) is 12.1. The third kappa shape index (κ3) is 7.49. The zero-order valence-corrected chi connectivity index (χ0v) is 11.7. The van der Waals surface area contributed by atoms with E-state index in [9.17, 15) is 4.79 Å². The van der Waals surface area contributed by atoms with Gasteiger partial charge in [0, 0.05) is 11.5 Å². The number of hydrogen-bond donors (Lipinski definition) is 1. The maximum Gasteiger partial charge on any atom is 0.223 e. The molecule has 0 aliphatic carbocycles. The van der Waals surface area contributed by atoms with E-state index >= 15 is 0 Å². The van der Waals surface area contributed by atoms with Crippen molar-refractivity contribution >= 4 is 5.91 Å². The average Bonchev–Trinajstić information content (AvgIpc) is 1.97. The van der Waals surface area contributed by atoms with Gasteiger partial charge in [-0.05, 0) is 39.0 Å². The Bertz CT molecular complexity index is 242. The van der Waals surface area contributed by atoms with E-state index in [1.807, 2.05) is 26.8 Å². The highest BCUT2D eigenvalue weighted by Crippen LogP contribution is 2.27. The molecule has 1 atom stereocenters. The quantitative estimate of drug-likeness (QED) is 0.729. The van der Waals surface area contributed by atoms with E-state index in [4.69, 9.17) is 0 Å². The molecule has 0 fully saturated rings. The summed E-state index contributed by atoms with van der Waals surface area (Å²) in [6.07, 6.45) is 3.47. The Morgan fingerprint density at radius 1 is 1.25 bits per heavy atom. The molecule has 0 aromatic rings. The van der Waals surface area contributed by atoms with Gasteiger partial charge in [-0.2, -0.15) is 0 Å². The van der Waals surface area contributed by atoms with Crippen LogP contribution in [0.4, 0.5) is 0 Å². The maximum atomic E-state index is 12.1. The average molecular weight is 225 g/mol. The summed E-state index contributed by atoms with van der Waals surface area (Å²) in [7, 11) is 0. The van der Waals surface area contributed by atoms with Crippen LogP contribution in [0.2, 0.25) is 0 Å². The van der Waals surface area contributed by atoms with Crippen LogP contribution in [0.25, 0.3) is 0 Å². The lowest BCUT2D eigenvalue weighted by Gasteiger charge is -2.28. The van der Waals surface area contributed by atoms with Gasteiger partial charge in [-0.3, -0.25) is 4.79 Å². The minimum absolute atomic E-state index is 0.0386. The smallest absolute Gasteiger partial charge is 0.223 e. The van der Waals surface area contributed by atoms with Gasteiger partial charge in [-0.1, -0.05) is 26.8 Å². The summed E-state index contributed by atoms with van der Waals surface area (Å²) < 4.78 is 0. The maximum absolute atomic E-state index is 12.1. The van der Waals surface area contributed by atoms with Gasteiger partial charge in [-0.15, -0.1) is 6.58 Å². The molecular formula is C14H27NO. The molecule has 0 aliphatic heterocycles. The highest BCUT2D eigenvalue weighted by Gasteiger charge is 2.26. The van der Waals surface area contributed by atoms with Gasteiger partial charge in [0.05, 0.1) is 0 Å². The van der Waals surface area contributed by atoms with E-state index in [-0.39, 0.29) is 22.8 Å². The van der Waals surface area contributed by atoms with Gasteiger partial charge < -0.3 is 5.32 Å². The Labute approximate surface area is 101 Å². The molecule has 0 heterocycles. The minimum atomic E-state index is -0.158. The normalized spacial score (nSPS) is 14.4. The Morgan fingerprint density at radius 3 is 2.06 bits per heavy atom. The molecule has 1 amide bonds. The van der Waals surface area contributed by atoms with Crippen molar-refractivity contribution in [3.05, 3.63) is 12.7 Å². The third-order valence-electron chi connectivity index (χ3n) is 2.18. The molecule has 16 heavy (non-hydrogen) atoms. The molecule has 0 saturated carbocycles. The Hall–Kier alpha value is -0.790. The van der Waals surface area contributed by atoms with Crippen molar-refractivity contribution in [2.24, 2.45) is 11.3 Å². The first-order chi connectivity index (χ1) is 7.05. The zero-order valence-electron chi connectivity index (χ0n) is 11.7. The molecule has 0 bridgehead atoms. The Morgan fingerprint density at radius 2 is 1.75 bits per heavy atom. The van der Waals surface area contributed by atoms with Gasteiger partial charge in [0.1, 0.15) is 0 Å². The molecule has 0 radical (unpaired) electrons. The molecule has 94 valence electrons. The molecule has 2 heteroatoms. The lowest BCUT2D eigenvalue weighted by Crippen LogP contribution is -2.44. The van der Waals surface area contributed by atoms with Crippen molar-refractivity contribution in [1.82, 2.24) is 5.32 Å². The van der Waals surface area contributed by atoms with Gasteiger partial charge in [-0.25, -0.2) is 0 Å². The molecule has 2 nitrogen and oxygen atoms in total. The number of amides is 1. The Kier molecular flexibility index (Phi) is 5.24. The molecule has 0 aliphatic rings. The van der Waals surface area contributed by atoms with Crippen molar-refractivity contribution in [1.29, 1.82) is 0 Å². The van der Waals surface area contributed by atoms with Crippen molar-refractivity contribution in [2.45, 2.75) is 59.9 Å². The van der Waals surface area contributed by atoms with Crippen LogP contribution in [0.15, 0.2) is 12.7 Å². The monoisotopic (exact) mass is 225 g/mol. The predicted molar refractivity (Wildman–Crippen MR) is 70.3 cm³/mol. The summed E-state index contributed by atoms with van der Waals surface area (Å²) in [5, 5.41) is 3.04. The third-order valence-corrected chi connectivity index (χ3v) is 2.18. The van der Waals surface area contributed by atoms with Crippen LogP contribution in [-0.4, -0.2) is 11.4 Å². The second kappa shape index (κ2) is 5.51. The fraction of sp³-hybridized carbons (Fsp3) is 0.786. The van der Waals surface area contributed by atoms with Gasteiger partial charge in [0.25, 0.3) is 0 Å². The van der Waals surface area contributed by atoms with E-state index < -0.39 is 0 Å². The summed E-state index contributed by atoms with van der Waals surface area (Å²) >= 11 is 0. The van der Waals surface area contributed by atoms with Crippen molar-refractivity contribution in [2.75, 3.05) is 0 Å². The van der Waals surface area contributed by atoms with Crippen LogP contribution in [0.1, 0.15) is 54.4 Å². The first-order valence-electron chi connectivity index (χ1n) is 5.98. The molecule has 1 N–H and O–H groups in total. The summed E-state index contributed by atoms with van der Waals surface area (Å²) in [6, 6.07) is 0. The van der Waals surface area contributed by atoms with Crippen LogP contribution >= 0.6 is 0 Å². The number of carbonyl (C=O) groups is 1. The first-order valence-corrected chi connectivity index (χ1v) is 5.98. The van der Waals surface area contributed by atoms with Crippen LogP contribution in [0.5, 0.6) is 0 Å². The SMILES string of the molecule is C=CCC(CC(C)(C)C)C(=O)NC(C)(C)C. The highest BCUT2D eigenvalue weighted by molar-refractivity contribution is 5.79. The van der Waals surface area contributed by atoms with E-state index in [0.29, 0.717) is 0 Å². The van der Waals surface area contributed by atoms with E-state index in [1.54, 1.807) is 0 Å². The van der Waals surface area contributed by atoms with Crippen LogP contribution in [0, 0.1) is 11.3 Å². The summed E-state index contributed by atoms with van der Waals surface area (Å²) in [5.74, 6) is 0.180. The van der Waals surface area contributed by atoms with Crippen molar-refractivity contribution < 1.29 is 4.79 Å². The van der Waals surface area contributed by atoms with E-state index in [0.717, 1.165) is 12.8 Å². The van der Waals surface area contributed by atoms with Crippen LogP contribution in [-0.2, 0) is 4.79 Å². The molecule has 0 spiro atoms. The van der Waals surface area contributed by atoms with Crippen LogP contribution in [0.3, 0.4) is 0 Å². The van der Waals surface area contributed by atoms with E-state index in [1.165, 1.54) is 0 Å². The van der Waals surface area contributed by atoms with Gasteiger partial charge in [0.15, 0.2) is 0 Å². The van der Waals surface area contributed by atoms with Gasteiger partial charge in [0.2, 0.25) is 5.91 Å². The second-order valence-corrected chi connectivity index (χ2v) is 6.73. The standard InChI is InChI=1S/C14H27NO/c1-8-9-11(10-13(2,3)4)12(16)15-14(5,6)7/h8,11H,1,9-10H2,2-7H3,(H,15,16). The van der Waals surface area contributed by atoms with Gasteiger partial charge >= 0.3 is 0 Å². The van der Waals surface area contributed by atoms with Crippen molar-refractivity contribution in [3.63, 3.8) is 0 Å². The first kappa shape index (κ1) is 15.2. The topological polar surface area (TPSA) is 29.1 Å². The van der Waals surface area contributed by atoms with Crippen molar-refractivity contribution in [3.8, 4) is 0 Å². The zero-order chi connectivity index (χ0) is 13.0. The molecule has 1 unspecified atom stereocenters.